The summed E-state index contributed by atoms with van der Waals surface area (Å²) >= 11 is 0. The maximum Gasteiger partial charge on any atom is 0.328 e. The van der Waals surface area contributed by atoms with Crippen molar-refractivity contribution in [2.45, 2.75) is 19.9 Å². The minimum absolute atomic E-state index is 0.116. The number of H-pyrrole nitrogens is 1. The number of methoxy groups -OCH3 is 1. The van der Waals surface area contributed by atoms with Gasteiger partial charge in [-0.3, -0.25) is 0 Å². The van der Waals surface area contributed by atoms with Gasteiger partial charge in [-0.15, -0.1) is 0 Å². The minimum atomic E-state index is -0.407. The highest BCUT2D eigenvalue weighted by Crippen LogP contribution is 2.16. The predicted octanol–water partition coefficient (Wildman–Crippen LogP) is 2.17. The summed E-state index contributed by atoms with van der Waals surface area (Å²) < 4.78 is 4.78. The summed E-state index contributed by atoms with van der Waals surface area (Å²) in [5.41, 5.74) is 1.81. The molecule has 2 rings (SSSR count). The van der Waals surface area contributed by atoms with Crippen LogP contribution in [0.25, 0.3) is 11.0 Å². The Hall–Kier alpha value is -2.04. The number of fused-ring (bicyclic) bond motifs is 1. The summed E-state index contributed by atoms with van der Waals surface area (Å²) in [4.78, 5) is 19.2. The lowest BCUT2D eigenvalue weighted by Gasteiger charge is -2.18. The number of nitrogens with one attached hydrogen (secondary N) is 2. The van der Waals surface area contributed by atoms with Crippen LogP contribution in [-0.2, 0) is 9.53 Å². The number of hydrogen-bond donors (Lipinski definition) is 2. The van der Waals surface area contributed by atoms with Crippen LogP contribution < -0.4 is 5.32 Å². The molecule has 0 aliphatic heterocycles. The van der Waals surface area contributed by atoms with Crippen molar-refractivity contribution in [1.82, 2.24) is 9.97 Å². The van der Waals surface area contributed by atoms with Crippen molar-refractivity contribution in [3.63, 3.8) is 0 Å². The monoisotopic (exact) mass is 247 g/mol. The van der Waals surface area contributed by atoms with E-state index in [0.29, 0.717) is 5.95 Å². The molecule has 1 atom stereocenters. The summed E-state index contributed by atoms with van der Waals surface area (Å²) in [7, 11) is 1.39. The quantitative estimate of drug-likeness (QED) is 0.812. The number of aromatic amines is 1. The Morgan fingerprint density at radius 1 is 1.39 bits per heavy atom. The van der Waals surface area contributed by atoms with Crippen LogP contribution in [0, 0.1) is 5.92 Å². The molecular formula is C13H17N3O2. The molecule has 0 aliphatic rings. The fourth-order valence-electron chi connectivity index (χ4n) is 1.79. The van der Waals surface area contributed by atoms with Gasteiger partial charge in [0.2, 0.25) is 5.95 Å². The van der Waals surface area contributed by atoms with Gasteiger partial charge in [-0.25, -0.2) is 9.78 Å². The maximum atomic E-state index is 11.6. The van der Waals surface area contributed by atoms with Crippen LogP contribution in [0.4, 0.5) is 5.95 Å². The van der Waals surface area contributed by atoms with Gasteiger partial charge in [0.05, 0.1) is 18.1 Å². The van der Waals surface area contributed by atoms with Crippen molar-refractivity contribution >= 4 is 23.0 Å². The molecule has 96 valence electrons. The molecule has 2 aromatic rings. The Labute approximate surface area is 106 Å². The van der Waals surface area contributed by atoms with E-state index in [1.165, 1.54) is 7.11 Å². The molecule has 5 nitrogen and oxygen atoms in total. The Bertz CT molecular complexity index is 515. The molecule has 0 amide bonds. The number of hydrogen-bond acceptors (Lipinski definition) is 4. The molecule has 0 spiro atoms. The van der Waals surface area contributed by atoms with E-state index in [2.05, 4.69) is 15.3 Å². The third kappa shape index (κ3) is 2.45. The van der Waals surface area contributed by atoms with Crippen molar-refractivity contribution < 1.29 is 9.53 Å². The average molecular weight is 247 g/mol. The number of anilines is 1. The second kappa shape index (κ2) is 5.08. The number of ether oxygens (including phenoxy) is 1. The molecule has 2 N–H and O–H groups in total. The van der Waals surface area contributed by atoms with E-state index in [-0.39, 0.29) is 11.9 Å². The van der Waals surface area contributed by atoms with E-state index in [0.717, 1.165) is 11.0 Å². The van der Waals surface area contributed by atoms with Crippen molar-refractivity contribution in [3.05, 3.63) is 24.3 Å². The molecule has 0 aliphatic carbocycles. The molecule has 0 saturated carbocycles. The zero-order chi connectivity index (χ0) is 13.1. The molecule has 0 radical (unpaired) electrons. The first-order chi connectivity index (χ1) is 8.61. The van der Waals surface area contributed by atoms with Gasteiger partial charge in [0.1, 0.15) is 6.04 Å². The van der Waals surface area contributed by atoms with Crippen LogP contribution in [-0.4, -0.2) is 29.1 Å². The van der Waals surface area contributed by atoms with E-state index >= 15 is 0 Å². The molecule has 1 aromatic heterocycles. The fraction of sp³-hybridized carbons (Fsp3) is 0.385. The number of benzene rings is 1. The lowest BCUT2D eigenvalue weighted by molar-refractivity contribution is -0.142. The van der Waals surface area contributed by atoms with Gasteiger partial charge in [0, 0.05) is 0 Å². The SMILES string of the molecule is COC(=O)C(Nc1nc2ccccc2[nH]1)C(C)C. The molecule has 1 heterocycles. The van der Waals surface area contributed by atoms with Gasteiger partial charge in [-0.1, -0.05) is 26.0 Å². The summed E-state index contributed by atoms with van der Waals surface area (Å²) in [5.74, 6) is 0.413. The first-order valence-corrected chi connectivity index (χ1v) is 5.91. The number of rotatable bonds is 4. The molecule has 1 unspecified atom stereocenters. The number of nitrogens with zero attached hydrogens (tertiary/aromatic N) is 1. The number of carbonyl (C=O) groups is 1. The topological polar surface area (TPSA) is 67.0 Å². The normalized spacial score (nSPS) is 12.7. The van der Waals surface area contributed by atoms with E-state index in [1.54, 1.807) is 0 Å². The van der Waals surface area contributed by atoms with Gasteiger partial charge >= 0.3 is 5.97 Å². The van der Waals surface area contributed by atoms with Crippen LogP contribution in [0.2, 0.25) is 0 Å². The van der Waals surface area contributed by atoms with Gasteiger partial charge in [-0.05, 0) is 18.1 Å². The van der Waals surface area contributed by atoms with E-state index < -0.39 is 6.04 Å². The zero-order valence-corrected chi connectivity index (χ0v) is 10.7. The molecule has 0 saturated heterocycles. The molecule has 1 aromatic carbocycles. The fourth-order valence-corrected chi connectivity index (χ4v) is 1.79. The first kappa shape index (κ1) is 12.4. The highest BCUT2D eigenvalue weighted by Gasteiger charge is 2.23. The Morgan fingerprint density at radius 2 is 2.11 bits per heavy atom. The summed E-state index contributed by atoms with van der Waals surface area (Å²) in [6, 6.07) is 7.31. The second-order valence-electron chi connectivity index (χ2n) is 4.49. The molecule has 0 bridgehead atoms. The highest BCUT2D eigenvalue weighted by atomic mass is 16.5. The third-order valence-corrected chi connectivity index (χ3v) is 2.80. The molecule has 5 heteroatoms. The number of imidazole rings is 1. The van der Waals surface area contributed by atoms with E-state index in [4.69, 9.17) is 4.74 Å². The van der Waals surface area contributed by atoms with Crippen molar-refractivity contribution in [2.75, 3.05) is 12.4 Å². The minimum Gasteiger partial charge on any atom is -0.467 e. The molecule has 0 fully saturated rings. The van der Waals surface area contributed by atoms with Crippen LogP contribution in [0.3, 0.4) is 0 Å². The number of carbonyl (C=O) groups excluding carboxylic acids is 1. The van der Waals surface area contributed by atoms with Crippen LogP contribution in [0.5, 0.6) is 0 Å². The first-order valence-electron chi connectivity index (χ1n) is 5.91. The second-order valence-corrected chi connectivity index (χ2v) is 4.49. The third-order valence-electron chi connectivity index (χ3n) is 2.80. The predicted molar refractivity (Wildman–Crippen MR) is 70.4 cm³/mol. The Morgan fingerprint density at radius 3 is 2.72 bits per heavy atom. The lowest BCUT2D eigenvalue weighted by atomic mass is 10.1. The van der Waals surface area contributed by atoms with Crippen molar-refractivity contribution in [2.24, 2.45) is 5.92 Å². The number of aromatic nitrogens is 2. The van der Waals surface area contributed by atoms with Gasteiger partial charge in [0.15, 0.2) is 0 Å². The largest absolute Gasteiger partial charge is 0.467 e. The standard InChI is InChI=1S/C13H17N3O2/c1-8(2)11(12(17)18-3)16-13-14-9-6-4-5-7-10(9)15-13/h4-8,11H,1-3H3,(H2,14,15,16). The van der Waals surface area contributed by atoms with Gasteiger partial charge in [0.25, 0.3) is 0 Å². The van der Waals surface area contributed by atoms with Gasteiger partial charge < -0.3 is 15.0 Å². The summed E-state index contributed by atoms with van der Waals surface area (Å²) in [6.45, 7) is 3.91. The number of esters is 1. The van der Waals surface area contributed by atoms with Crippen molar-refractivity contribution in [1.29, 1.82) is 0 Å². The maximum absolute atomic E-state index is 11.6. The number of para-hydroxylation sites is 2. The van der Waals surface area contributed by atoms with Crippen LogP contribution >= 0.6 is 0 Å². The average Bonchev–Trinajstić information content (AvgIpc) is 2.77. The Kier molecular flexibility index (Phi) is 3.50. The lowest BCUT2D eigenvalue weighted by Crippen LogP contribution is -2.35. The van der Waals surface area contributed by atoms with Crippen LogP contribution in [0.1, 0.15) is 13.8 Å². The molecule has 18 heavy (non-hydrogen) atoms. The van der Waals surface area contributed by atoms with E-state index in [9.17, 15) is 4.79 Å². The summed E-state index contributed by atoms with van der Waals surface area (Å²) in [6.07, 6.45) is 0. The summed E-state index contributed by atoms with van der Waals surface area (Å²) in [5, 5.41) is 3.08. The Balaban J connectivity index is 2.23. The smallest absolute Gasteiger partial charge is 0.328 e. The van der Waals surface area contributed by atoms with E-state index in [1.807, 2.05) is 38.1 Å². The molecular weight excluding hydrogens is 230 g/mol. The highest BCUT2D eigenvalue weighted by molar-refractivity contribution is 5.81. The zero-order valence-electron chi connectivity index (χ0n) is 10.7. The van der Waals surface area contributed by atoms with Gasteiger partial charge in [-0.2, -0.15) is 0 Å². The van der Waals surface area contributed by atoms with Crippen LogP contribution in [0.15, 0.2) is 24.3 Å². The van der Waals surface area contributed by atoms with Crippen molar-refractivity contribution in [3.8, 4) is 0 Å².